The highest BCUT2D eigenvalue weighted by atomic mass is 35.5. The number of nitrogens with zero attached hydrogens (tertiary/aromatic N) is 3. The molecule has 4 rings (SSSR count). The monoisotopic (exact) mass is 393 g/mol. The molecule has 7 heteroatoms. The first-order valence-electron chi connectivity index (χ1n) is 9.02. The van der Waals surface area contributed by atoms with Gasteiger partial charge in [0.05, 0.1) is 5.52 Å². The molecule has 28 heavy (non-hydrogen) atoms. The van der Waals surface area contributed by atoms with Crippen LogP contribution < -0.4 is 5.32 Å². The van der Waals surface area contributed by atoms with E-state index in [1.54, 1.807) is 6.92 Å². The van der Waals surface area contributed by atoms with Crippen molar-refractivity contribution >= 4 is 28.4 Å². The normalized spacial score (nSPS) is 12.2. The lowest BCUT2D eigenvalue weighted by atomic mass is 10.1. The summed E-state index contributed by atoms with van der Waals surface area (Å²) in [6.45, 7) is 4.22. The summed E-state index contributed by atoms with van der Waals surface area (Å²) in [5.74, 6) is -0.134. The van der Waals surface area contributed by atoms with Crippen molar-refractivity contribution in [2.24, 2.45) is 0 Å². The fraction of sp³-hybridized carbons (Fsp3) is 0.190. The van der Waals surface area contributed by atoms with Gasteiger partial charge in [0, 0.05) is 22.6 Å². The topological polar surface area (TPSA) is 75.6 Å². The second-order valence-electron chi connectivity index (χ2n) is 6.75. The second kappa shape index (κ2) is 7.48. The molecule has 0 unspecified atom stereocenters. The van der Waals surface area contributed by atoms with Gasteiger partial charge >= 0.3 is 0 Å². The summed E-state index contributed by atoms with van der Waals surface area (Å²) < 4.78 is 1.52. The molecule has 6 nitrogen and oxygen atoms in total. The zero-order valence-corrected chi connectivity index (χ0v) is 16.4. The minimum atomic E-state index is -0.442. The number of H-pyrrole nitrogens is 1. The Labute approximate surface area is 167 Å². The molecule has 0 radical (unpaired) electrons. The summed E-state index contributed by atoms with van der Waals surface area (Å²) in [5, 5.41) is 8.69. The zero-order valence-electron chi connectivity index (χ0n) is 15.6. The molecule has 142 valence electrons. The quantitative estimate of drug-likeness (QED) is 0.531. The van der Waals surface area contributed by atoms with E-state index in [9.17, 15) is 4.79 Å². The molecule has 0 aliphatic heterocycles. The number of halogens is 1. The largest absolute Gasteiger partial charge is 0.354 e. The SMILES string of the molecule is Cc1c(-c2ccccc2)[nH]c2c(CNC(=O)[C@@H](C)n3cncn3)cc(Cl)cc12. The third-order valence-electron chi connectivity index (χ3n) is 4.94. The Morgan fingerprint density at radius 2 is 2.07 bits per heavy atom. The van der Waals surface area contributed by atoms with E-state index in [2.05, 4.69) is 39.4 Å². The average Bonchev–Trinajstić information content (AvgIpc) is 3.35. The Morgan fingerprint density at radius 3 is 2.79 bits per heavy atom. The molecule has 0 aliphatic rings. The minimum Gasteiger partial charge on any atom is -0.354 e. The van der Waals surface area contributed by atoms with Gasteiger partial charge in [-0.25, -0.2) is 9.67 Å². The second-order valence-corrected chi connectivity index (χ2v) is 7.18. The first-order valence-corrected chi connectivity index (χ1v) is 9.40. The van der Waals surface area contributed by atoms with Crippen LogP contribution in [0.25, 0.3) is 22.2 Å². The number of hydrogen-bond acceptors (Lipinski definition) is 3. The molecule has 0 spiro atoms. The summed E-state index contributed by atoms with van der Waals surface area (Å²) in [7, 11) is 0. The van der Waals surface area contributed by atoms with Gasteiger partial charge in [-0.3, -0.25) is 4.79 Å². The first-order chi connectivity index (χ1) is 13.5. The van der Waals surface area contributed by atoms with Crippen LogP contribution in [-0.2, 0) is 11.3 Å². The maximum absolute atomic E-state index is 12.5. The molecule has 1 atom stereocenters. The van der Waals surface area contributed by atoms with Crippen LogP contribution in [0.5, 0.6) is 0 Å². The molecular formula is C21H20ClN5O. The highest BCUT2D eigenvalue weighted by Gasteiger charge is 2.17. The number of aromatic amines is 1. The smallest absolute Gasteiger partial charge is 0.244 e. The Kier molecular flexibility index (Phi) is 4.88. The van der Waals surface area contributed by atoms with Crippen molar-refractivity contribution < 1.29 is 4.79 Å². The summed E-state index contributed by atoms with van der Waals surface area (Å²) in [4.78, 5) is 19.9. The van der Waals surface area contributed by atoms with Gasteiger partial charge in [-0.05, 0) is 42.7 Å². The maximum Gasteiger partial charge on any atom is 0.244 e. The number of amides is 1. The van der Waals surface area contributed by atoms with Crippen LogP contribution >= 0.6 is 11.6 Å². The molecule has 0 fully saturated rings. The predicted molar refractivity (Wildman–Crippen MR) is 110 cm³/mol. The highest BCUT2D eigenvalue weighted by molar-refractivity contribution is 6.31. The Hall–Kier alpha value is -3.12. The number of fused-ring (bicyclic) bond motifs is 1. The fourth-order valence-electron chi connectivity index (χ4n) is 3.36. The van der Waals surface area contributed by atoms with Crippen molar-refractivity contribution in [3.63, 3.8) is 0 Å². The molecule has 0 saturated carbocycles. The molecule has 2 N–H and O–H groups in total. The molecule has 1 amide bonds. The summed E-state index contributed by atoms with van der Waals surface area (Å²) in [6, 6.07) is 13.6. The summed E-state index contributed by atoms with van der Waals surface area (Å²) in [6.07, 6.45) is 2.94. The van der Waals surface area contributed by atoms with Crippen LogP contribution in [0.2, 0.25) is 5.02 Å². The zero-order chi connectivity index (χ0) is 19.7. The van der Waals surface area contributed by atoms with Crippen molar-refractivity contribution in [2.45, 2.75) is 26.4 Å². The van der Waals surface area contributed by atoms with Crippen LogP contribution in [0, 0.1) is 6.92 Å². The molecule has 2 aromatic heterocycles. The van der Waals surface area contributed by atoms with E-state index >= 15 is 0 Å². The number of aryl methyl sites for hydroxylation is 1. The number of nitrogens with one attached hydrogen (secondary N) is 2. The van der Waals surface area contributed by atoms with Crippen LogP contribution in [0.1, 0.15) is 24.1 Å². The van der Waals surface area contributed by atoms with Gasteiger partial charge in [-0.15, -0.1) is 0 Å². The van der Waals surface area contributed by atoms with Crippen LogP contribution in [0.15, 0.2) is 55.1 Å². The molecule has 0 bridgehead atoms. The number of benzene rings is 2. The van der Waals surface area contributed by atoms with Crippen molar-refractivity contribution in [1.29, 1.82) is 0 Å². The van der Waals surface area contributed by atoms with Gasteiger partial charge in [0.2, 0.25) is 5.91 Å². The maximum atomic E-state index is 12.5. The summed E-state index contributed by atoms with van der Waals surface area (Å²) >= 11 is 6.36. The minimum absolute atomic E-state index is 0.134. The van der Waals surface area contributed by atoms with Crippen LogP contribution in [0.4, 0.5) is 0 Å². The lowest BCUT2D eigenvalue weighted by Crippen LogP contribution is -2.30. The van der Waals surface area contributed by atoms with E-state index in [-0.39, 0.29) is 5.91 Å². The van der Waals surface area contributed by atoms with Crippen molar-refractivity contribution in [3.8, 4) is 11.3 Å². The van der Waals surface area contributed by atoms with Crippen molar-refractivity contribution in [2.75, 3.05) is 0 Å². The molecule has 2 heterocycles. The fourth-order valence-corrected chi connectivity index (χ4v) is 3.60. The van der Waals surface area contributed by atoms with E-state index in [1.165, 1.54) is 17.3 Å². The van der Waals surface area contributed by atoms with Gasteiger partial charge in [0.25, 0.3) is 0 Å². The number of carbonyl (C=O) groups excluding carboxylic acids is 1. The third kappa shape index (κ3) is 3.39. The van der Waals surface area contributed by atoms with Gasteiger partial charge in [0.1, 0.15) is 18.7 Å². The molecule has 0 saturated heterocycles. The third-order valence-corrected chi connectivity index (χ3v) is 5.16. The van der Waals surface area contributed by atoms with Gasteiger partial charge < -0.3 is 10.3 Å². The molecule has 4 aromatic rings. The number of aromatic nitrogens is 4. The predicted octanol–water partition coefficient (Wildman–Crippen LogP) is 4.27. The van der Waals surface area contributed by atoms with E-state index < -0.39 is 6.04 Å². The average molecular weight is 394 g/mol. The van der Waals surface area contributed by atoms with E-state index in [4.69, 9.17) is 11.6 Å². The molecule has 0 aliphatic carbocycles. The van der Waals surface area contributed by atoms with E-state index in [0.717, 1.165) is 33.3 Å². The number of carbonyl (C=O) groups is 1. The Bertz CT molecular complexity index is 1120. The van der Waals surface area contributed by atoms with Crippen LogP contribution in [-0.4, -0.2) is 25.7 Å². The lowest BCUT2D eigenvalue weighted by molar-refractivity contribution is -0.124. The number of rotatable bonds is 5. The van der Waals surface area contributed by atoms with Gasteiger partial charge in [-0.2, -0.15) is 5.10 Å². The lowest BCUT2D eigenvalue weighted by Gasteiger charge is -2.13. The van der Waals surface area contributed by atoms with Gasteiger partial charge in [0.15, 0.2) is 0 Å². The van der Waals surface area contributed by atoms with E-state index in [0.29, 0.717) is 11.6 Å². The summed E-state index contributed by atoms with van der Waals surface area (Å²) in [5.41, 5.74) is 5.22. The standard InChI is InChI=1S/C21H20ClN5O/c1-13-18-9-17(22)8-16(10-24-21(28)14(2)27-12-23-11-25-27)20(18)26-19(13)15-6-4-3-5-7-15/h3-9,11-12,14,26H,10H2,1-2H3,(H,24,28)/t14-/m1/s1. The first kappa shape index (κ1) is 18.3. The highest BCUT2D eigenvalue weighted by Crippen LogP contribution is 2.33. The van der Waals surface area contributed by atoms with E-state index in [1.807, 2.05) is 30.3 Å². The molecular weight excluding hydrogens is 374 g/mol. The number of hydrogen-bond donors (Lipinski definition) is 2. The Balaban J connectivity index is 1.65. The van der Waals surface area contributed by atoms with Crippen molar-refractivity contribution in [3.05, 3.63) is 71.3 Å². The molecule has 2 aromatic carbocycles. The van der Waals surface area contributed by atoms with Crippen LogP contribution in [0.3, 0.4) is 0 Å². The van der Waals surface area contributed by atoms with Gasteiger partial charge in [-0.1, -0.05) is 41.9 Å². The van der Waals surface area contributed by atoms with Crippen molar-refractivity contribution in [1.82, 2.24) is 25.1 Å². The Morgan fingerprint density at radius 1 is 1.29 bits per heavy atom.